The minimum atomic E-state index is 0.746. The molecule has 3 heterocycles. The summed E-state index contributed by atoms with van der Waals surface area (Å²) in [5.74, 6) is 0.852. The van der Waals surface area contributed by atoms with Crippen LogP contribution in [0.3, 0.4) is 0 Å². The normalized spacial score (nSPS) is 15.6. The number of benzene rings is 2. The molecule has 5 rings (SSSR count). The maximum absolute atomic E-state index is 6.11. The second kappa shape index (κ2) is 9.56. The monoisotopic (exact) mass is 460 g/mol. The molecule has 1 aliphatic rings. The quantitative estimate of drug-likeness (QED) is 0.395. The highest BCUT2D eigenvalue weighted by Crippen LogP contribution is 2.30. The third-order valence-electron chi connectivity index (χ3n) is 6.44. The van der Waals surface area contributed by atoms with E-state index in [1.54, 1.807) is 7.11 Å². The van der Waals surface area contributed by atoms with Crippen molar-refractivity contribution in [3.63, 3.8) is 0 Å². The number of rotatable bonds is 5. The van der Waals surface area contributed by atoms with Gasteiger partial charge >= 0.3 is 0 Å². The van der Waals surface area contributed by atoms with E-state index in [2.05, 4.69) is 63.8 Å². The first kappa shape index (κ1) is 22.0. The second-order valence-corrected chi connectivity index (χ2v) is 9.16. The first-order valence-electron chi connectivity index (χ1n) is 11.4. The zero-order valence-corrected chi connectivity index (χ0v) is 19.9. The van der Waals surface area contributed by atoms with Crippen LogP contribution in [0, 0.1) is 0 Å². The van der Waals surface area contributed by atoms with Crippen LogP contribution >= 0.6 is 11.6 Å². The Labute approximate surface area is 200 Å². The molecule has 0 unspecified atom stereocenters. The van der Waals surface area contributed by atoms with Gasteiger partial charge in [0.1, 0.15) is 11.4 Å². The molecule has 170 valence electrons. The highest BCUT2D eigenvalue weighted by Gasteiger charge is 2.20. The number of pyridine rings is 1. The van der Waals surface area contributed by atoms with Crippen molar-refractivity contribution in [3.05, 3.63) is 77.6 Å². The van der Waals surface area contributed by atoms with Crippen molar-refractivity contribution in [1.29, 1.82) is 0 Å². The summed E-state index contributed by atoms with van der Waals surface area (Å²) in [6.07, 6.45) is 3.39. The molecule has 0 aliphatic carbocycles. The Balaban J connectivity index is 1.59. The Morgan fingerprint density at radius 1 is 0.848 bits per heavy atom. The summed E-state index contributed by atoms with van der Waals surface area (Å²) < 4.78 is 7.63. The molecule has 2 aromatic carbocycles. The lowest BCUT2D eigenvalue weighted by atomic mass is 10.1. The number of methoxy groups -OCH3 is 1. The highest BCUT2D eigenvalue weighted by molar-refractivity contribution is 6.30. The van der Waals surface area contributed by atoms with Crippen molar-refractivity contribution in [2.45, 2.75) is 13.0 Å². The Morgan fingerprint density at radius 3 is 2.33 bits per heavy atom. The first-order valence-corrected chi connectivity index (χ1v) is 11.8. The molecule has 1 fully saturated rings. The lowest BCUT2D eigenvalue weighted by Crippen LogP contribution is -2.29. The van der Waals surface area contributed by atoms with Gasteiger partial charge in [0.25, 0.3) is 0 Å². The molecule has 0 N–H and O–H groups in total. The van der Waals surface area contributed by atoms with Crippen molar-refractivity contribution in [2.75, 3.05) is 40.3 Å². The van der Waals surface area contributed by atoms with Gasteiger partial charge in [-0.1, -0.05) is 23.7 Å². The predicted molar refractivity (Wildman–Crippen MR) is 135 cm³/mol. The number of aromatic nitrogens is 2. The Hall–Kier alpha value is -2.86. The van der Waals surface area contributed by atoms with Gasteiger partial charge in [0, 0.05) is 36.4 Å². The van der Waals surface area contributed by atoms with Crippen LogP contribution in [-0.2, 0) is 6.54 Å². The summed E-state index contributed by atoms with van der Waals surface area (Å²) in [7, 11) is 3.90. The summed E-state index contributed by atoms with van der Waals surface area (Å²) in [5, 5.41) is 0.746. The van der Waals surface area contributed by atoms with E-state index in [4.69, 9.17) is 21.3 Å². The van der Waals surface area contributed by atoms with Gasteiger partial charge in [-0.2, -0.15) is 0 Å². The van der Waals surface area contributed by atoms with E-state index in [1.165, 1.54) is 12.1 Å². The number of ether oxygens (including phenoxy) is 1. The number of halogens is 1. The smallest absolute Gasteiger partial charge is 0.137 e. The van der Waals surface area contributed by atoms with E-state index in [1.807, 2.05) is 24.3 Å². The summed E-state index contributed by atoms with van der Waals surface area (Å²) in [5.41, 5.74) is 6.60. The van der Waals surface area contributed by atoms with Gasteiger partial charge in [-0.3, -0.25) is 4.90 Å². The van der Waals surface area contributed by atoms with Crippen LogP contribution in [0.1, 0.15) is 12.1 Å². The minimum Gasteiger partial charge on any atom is -0.497 e. The average molecular weight is 461 g/mol. The largest absolute Gasteiger partial charge is 0.497 e. The molecule has 4 aromatic rings. The molecule has 1 aliphatic heterocycles. The van der Waals surface area contributed by atoms with Gasteiger partial charge in [0.2, 0.25) is 0 Å². The molecule has 6 heteroatoms. The van der Waals surface area contributed by atoms with Gasteiger partial charge in [-0.05, 0) is 86.2 Å². The number of hydrogen-bond donors (Lipinski definition) is 0. The van der Waals surface area contributed by atoms with Gasteiger partial charge in [-0.25, -0.2) is 4.98 Å². The van der Waals surface area contributed by atoms with Gasteiger partial charge in [-0.15, -0.1) is 0 Å². The fourth-order valence-corrected chi connectivity index (χ4v) is 4.63. The molecule has 0 atom stereocenters. The molecule has 0 spiro atoms. The van der Waals surface area contributed by atoms with E-state index in [0.29, 0.717) is 0 Å². The molecule has 33 heavy (non-hydrogen) atoms. The number of imidazole rings is 1. The van der Waals surface area contributed by atoms with Crippen LogP contribution in [0.15, 0.2) is 66.9 Å². The van der Waals surface area contributed by atoms with Crippen LogP contribution in [0.2, 0.25) is 5.02 Å². The van der Waals surface area contributed by atoms with Gasteiger partial charge in [0.05, 0.1) is 18.5 Å². The molecule has 0 radical (unpaired) electrons. The molecular weight excluding hydrogens is 432 g/mol. The lowest BCUT2D eigenvalue weighted by molar-refractivity contribution is 0.266. The lowest BCUT2D eigenvalue weighted by Gasteiger charge is -2.21. The first-order chi connectivity index (χ1) is 16.1. The standard InChI is InChI=1S/C27H29ClN4O/c1-30-14-3-15-31(17-16-30)19-25-27(21-6-11-24(33-2)12-7-21)29-26-13-8-22(18-32(25)26)20-4-9-23(28)10-5-20/h4-13,18H,3,14-17,19H2,1-2H3. The summed E-state index contributed by atoms with van der Waals surface area (Å²) >= 11 is 6.11. The van der Waals surface area contributed by atoms with Crippen molar-refractivity contribution in [3.8, 4) is 28.1 Å². The van der Waals surface area contributed by atoms with Crippen molar-refractivity contribution in [2.24, 2.45) is 0 Å². The minimum absolute atomic E-state index is 0.746. The van der Waals surface area contributed by atoms with Crippen LogP contribution in [0.5, 0.6) is 5.75 Å². The Bertz CT molecular complexity index is 1230. The summed E-state index contributed by atoms with van der Waals surface area (Å²) in [6, 6.07) is 20.4. The number of likely N-dealkylation sites (N-methyl/N-ethyl adjacent to an activating group) is 1. The summed E-state index contributed by atoms with van der Waals surface area (Å²) in [4.78, 5) is 10.0. The van der Waals surface area contributed by atoms with Crippen LogP contribution in [0.4, 0.5) is 0 Å². The zero-order valence-electron chi connectivity index (χ0n) is 19.2. The molecule has 2 aromatic heterocycles. The Morgan fingerprint density at radius 2 is 1.58 bits per heavy atom. The zero-order chi connectivity index (χ0) is 22.8. The highest BCUT2D eigenvalue weighted by atomic mass is 35.5. The number of fused-ring (bicyclic) bond motifs is 1. The van der Waals surface area contributed by atoms with E-state index >= 15 is 0 Å². The molecule has 0 saturated carbocycles. The van der Waals surface area contributed by atoms with Gasteiger partial charge < -0.3 is 14.0 Å². The summed E-state index contributed by atoms with van der Waals surface area (Å²) in [6.45, 7) is 5.25. The third kappa shape index (κ3) is 4.76. The molecule has 1 saturated heterocycles. The SMILES string of the molecule is COc1ccc(-c2nc3ccc(-c4ccc(Cl)cc4)cn3c2CN2CCCN(C)CC2)cc1. The van der Waals surface area contributed by atoms with E-state index in [0.717, 1.165) is 71.5 Å². The fraction of sp³-hybridized carbons (Fsp3) is 0.296. The third-order valence-corrected chi connectivity index (χ3v) is 6.70. The number of nitrogens with zero attached hydrogens (tertiary/aromatic N) is 4. The Kier molecular flexibility index (Phi) is 6.36. The van der Waals surface area contributed by atoms with E-state index in [-0.39, 0.29) is 0 Å². The van der Waals surface area contributed by atoms with Crippen LogP contribution in [-0.4, -0.2) is 59.5 Å². The molecular formula is C27H29ClN4O. The number of hydrogen-bond acceptors (Lipinski definition) is 4. The van der Waals surface area contributed by atoms with Crippen LogP contribution in [0.25, 0.3) is 28.0 Å². The van der Waals surface area contributed by atoms with E-state index in [9.17, 15) is 0 Å². The molecule has 0 bridgehead atoms. The topological polar surface area (TPSA) is 33.0 Å². The maximum atomic E-state index is 6.11. The predicted octanol–water partition coefficient (Wildman–Crippen LogP) is 5.47. The maximum Gasteiger partial charge on any atom is 0.137 e. The molecule has 5 nitrogen and oxygen atoms in total. The van der Waals surface area contributed by atoms with Crippen molar-refractivity contribution >= 4 is 17.2 Å². The van der Waals surface area contributed by atoms with Gasteiger partial charge in [0.15, 0.2) is 0 Å². The molecule has 0 amide bonds. The van der Waals surface area contributed by atoms with Crippen molar-refractivity contribution in [1.82, 2.24) is 19.2 Å². The average Bonchev–Trinajstić information content (AvgIpc) is 3.06. The van der Waals surface area contributed by atoms with Crippen LogP contribution < -0.4 is 4.74 Å². The fourth-order valence-electron chi connectivity index (χ4n) is 4.51. The second-order valence-electron chi connectivity index (χ2n) is 8.72. The van der Waals surface area contributed by atoms with E-state index < -0.39 is 0 Å². The van der Waals surface area contributed by atoms with Crippen molar-refractivity contribution < 1.29 is 4.74 Å².